The van der Waals surface area contributed by atoms with Crippen LogP contribution in [0.5, 0.6) is 0 Å². The van der Waals surface area contributed by atoms with Gasteiger partial charge in [-0.25, -0.2) is 0 Å². The van der Waals surface area contributed by atoms with Gasteiger partial charge in [0.05, 0.1) is 0 Å². The van der Waals surface area contributed by atoms with E-state index < -0.39 is 12.4 Å². The van der Waals surface area contributed by atoms with Gasteiger partial charge in [-0.15, -0.1) is 5.46 Å². The van der Waals surface area contributed by atoms with Crippen molar-refractivity contribution in [1.82, 2.24) is 0 Å². The summed E-state index contributed by atoms with van der Waals surface area (Å²) >= 11 is 0. The maximum Gasteiger partial charge on any atom is 1.00 e. The Labute approximate surface area is 165 Å². The molecule has 0 amide bonds. The van der Waals surface area contributed by atoms with E-state index in [4.69, 9.17) is 0 Å². The minimum absolute atomic E-state index is 0. The zero-order valence-electron chi connectivity index (χ0n) is 12.4. The molecule has 21 heavy (non-hydrogen) atoms. The van der Waals surface area contributed by atoms with E-state index in [1.54, 1.807) is 13.0 Å². The van der Waals surface area contributed by atoms with Gasteiger partial charge in [0.1, 0.15) is 0 Å². The van der Waals surface area contributed by atoms with Gasteiger partial charge in [-0.2, -0.15) is 0 Å². The number of rotatable bonds is 3. The standard InChI is InChI=1S/C16H15BF3.K/c1-12-11-16(17(18,19)20)13(2)10-15(12)9-8-14-6-4-3-5-7-14;/h3-11H,1-2H3;/q-1;+1/b9-8+;. The summed E-state index contributed by atoms with van der Waals surface area (Å²) in [5.41, 5.74) is 2.25. The van der Waals surface area contributed by atoms with Crippen molar-refractivity contribution in [2.24, 2.45) is 0 Å². The molecule has 5 heteroatoms. The van der Waals surface area contributed by atoms with Gasteiger partial charge in [0.15, 0.2) is 0 Å². The average molecular weight is 314 g/mol. The fourth-order valence-corrected chi connectivity index (χ4v) is 2.14. The van der Waals surface area contributed by atoms with Crippen LogP contribution >= 0.6 is 0 Å². The Balaban J connectivity index is 0.00000220. The SMILES string of the molecule is Cc1cc([B-](F)(F)F)c(C)cc1/C=C/c1ccccc1.[K+]. The summed E-state index contributed by atoms with van der Waals surface area (Å²) in [5, 5.41) is 0. The molecule has 0 fully saturated rings. The first-order valence-corrected chi connectivity index (χ1v) is 6.42. The molecule has 0 N–H and O–H groups in total. The van der Waals surface area contributed by atoms with Gasteiger partial charge in [0, 0.05) is 0 Å². The normalized spacial score (nSPS) is 11.5. The molecule has 2 aromatic rings. The van der Waals surface area contributed by atoms with Crippen molar-refractivity contribution in [3.8, 4) is 0 Å². The van der Waals surface area contributed by atoms with Crippen molar-refractivity contribution >= 4 is 24.6 Å². The molecule has 0 aliphatic carbocycles. The van der Waals surface area contributed by atoms with E-state index >= 15 is 0 Å². The third kappa shape index (κ3) is 5.11. The molecule has 0 atom stereocenters. The van der Waals surface area contributed by atoms with E-state index in [1.807, 2.05) is 42.5 Å². The Morgan fingerprint density at radius 1 is 0.857 bits per heavy atom. The smallest absolute Gasteiger partial charge is 0.445 e. The molecule has 0 bridgehead atoms. The van der Waals surface area contributed by atoms with E-state index in [0.29, 0.717) is 5.56 Å². The van der Waals surface area contributed by atoms with Gasteiger partial charge in [0.25, 0.3) is 0 Å². The van der Waals surface area contributed by atoms with Crippen molar-refractivity contribution in [2.75, 3.05) is 0 Å². The minimum atomic E-state index is -4.95. The van der Waals surface area contributed by atoms with Gasteiger partial charge < -0.3 is 12.9 Å². The van der Waals surface area contributed by atoms with Crippen LogP contribution in [0.25, 0.3) is 12.2 Å². The van der Waals surface area contributed by atoms with Crippen LogP contribution < -0.4 is 56.8 Å². The molecular weight excluding hydrogens is 299 g/mol. The number of hydrogen-bond donors (Lipinski definition) is 0. The van der Waals surface area contributed by atoms with Gasteiger partial charge >= 0.3 is 58.4 Å². The number of aryl methyl sites for hydroxylation is 2. The van der Waals surface area contributed by atoms with E-state index in [2.05, 4.69) is 0 Å². The second-order valence-electron chi connectivity index (χ2n) is 4.88. The Kier molecular flexibility index (Phi) is 6.94. The van der Waals surface area contributed by atoms with E-state index in [-0.39, 0.29) is 56.9 Å². The predicted molar refractivity (Wildman–Crippen MR) is 80.0 cm³/mol. The van der Waals surface area contributed by atoms with Crippen molar-refractivity contribution < 1.29 is 64.3 Å². The molecule has 104 valence electrons. The van der Waals surface area contributed by atoms with Crippen LogP contribution in [0.3, 0.4) is 0 Å². The maximum absolute atomic E-state index is 12.9. The van der Waals surface area contributed by atoms with Crippen LogP contribution in [0, 0.1) is 13.8 Å². The predicted octanol–water partition coefficient (Wildman–Crippen LogP) is 1.53. The Morgan fingerprint density at radius 2 is 1.48 bits per heavy atom. The van der Waals surface area contributed by atoms with E-state index in [1.165, 1.54) is 13.0 Å². The summed E-state index contributed by atoms with van der Waals surface area (Å²) in [4.78, 5) is 0. The zero-order chi connectivity index (χ0) is 14.8. The van der Waals surface area contributed by atoms with Crippen LogP contribution in [0.1, 0.15) is 22.3 Å². The second-order valence-corrected chi connectivity index (χ2v) is 4.88. The van der Waals surface area contributed by atoms with Crippen LogP contribution in [0.15, 0.2) is 42.5 Å². The summed E-state index contributed by atoms with van der Waals surface area (Å²) < 4.78 is 38.6. The van der Waals surface area contributed by atoms with Gasteiger partial charge in [-0.3, -0.25) is 0 Å². The molecule has 0 aliphatic heterocycles. The zero-order valence-corrected chi connectivity index (χ0v) is 15.5. The van der Waals surface area contributed by atoms with E-state index in [0.717, 1.165) is 11.1 Å². The molecule has 0 aliphatic rings. The summed E-state index contributed by atoms with van der Waals surface area (Å²) in [6.07, 6.45) is 3.75. The second kappa shape index (κ2) is 7.79. The molecule has 2 aromatic carbocycles. The van der Waals surface area contributed by atoms with Crippen LogP contribution in [-0.2, 0) is 0 Å². The third-order valence-electron chi connectivity index (χ3n) is 3.26. The number of hydrogen-bond acceptors (Lipinski definition) is 0. The van der Waals surface area contributed by atoms with E-state index in [9.17, 15) is 12.9 Å². The van der Waals surface area contributed by atoms with Crippen molar-refractivity contribution in [3.05, 3.63) is 64.7 Å². The van der Waals surface area contributed by atoms with Crippen molar-refractivity contribution in [3.63, 3.8) is 0 Å². The number of benzene rings is 2. The molecule has 0 saturated carbocycles. The van der Waals surface area contributed by atoms with Crippen LogP contribution in [0.4, 0.5) is 12.9 Å². The third-order valence-corrected chi connectivity index (χ3v) is 3.26. The molecule has 0 heterocycles. The molecule has 0 radical (unpaired) electrons. The average Bonchev–Trinajstić information content (AvgIpc) is 2.39. The van der Waals surface area contributed by atoms with Crippen molar-refractivity contribution in [2.45, 2.75) is 13.8 Å². The first-order valence-electron chi connectivity index (χ1n) is 6.42. The fourth-order valence-electron chi connectivity index (χ4n) is 2.14. The molecule has 0 aromatic heterocycles. The molecule has 0 saturated heterocycles. The van der Waals surface area contributed by atoms with Gasteiger partial charge in [0.2, 0.25) is 0 Å². The van der Waals surface area contributed by atoms with Crippen molar-refractivity contribution in [1.29, 1.82) is 0 Å². The molecule has 2 rings (SSSR count). The summed E-state index contributed by atoms with van der Waals surface area (Å²) in [6, 6.07) is 12.5. The van der Waals surface area contributed by atoms with Gasteiger partial charge in [-0.05, 0) is 30.5 Å². The fraction of sp³-hybridized carbons (Fsp3) is 0.125. The van der Waals surface area contributed by atoms with Crippen LogP contribution in [0.2, 0.25) is 0 Å². The molecule has 0 nitrogen and oxygen atoms in total. The molecule has 0 unspecified atom stereocenters. The first-order chi connectivity index (χ1) is 9.38. The summed E-state index contributed by atoms with van der Waals surface area (Å²) in [6.45, 7) is -1.74. The Morgan fingerprint density at radius 3 is 2.05 bits per heavy atom. The summed E-state index contributed by atoms with van der Waals surface area (Å²) in [7, 11) is 0. The molecule has 0 spiro atoms. The Bertz CT molecular complexity index is 634. The van der Waals surface area contributed by atoms with Gasteiger partial charge in [-0.1, -0.05) is 60.2 Å². The van der Waals surface area contributed by atoms with Crippen LogP contribution in [-0.4, -0.2) is 6.98 Å². The maximum atomic E-state index is 12.9. The monoisotopic (exact) mass is 314 g/mol. The topological polar surface area (TPSA) is 0 Å². The largest absolute Gasteiger partial charge is 1.00 e. The quantitative estimate of drug-likeness (QED) is 0.595. The summed E-state index contributed by atoms with van der Waals surface area (Å²) in [5.74, 6) is 0. The Hall–Kier alpha value is -0.329. The number of halogens is 3. The molecular formula is C16H15BF3K. The minimum Gasteiger partial charge on any atom is -0.445 e. The first kappa shape index (κ1) is 18.7.